The summed E-state index contributed by atoms with van der Waals surface area (Å²) in [6, 6.07) is 7.66. The van der Waals surface area contributed by atoms with Crippen molar-refractivity contribution in [3.8, 4) is 5.75 Å². The summed E-state index contributed by atoms with van der Waals surface area (Å²) in [6.45, 7) is 6.56. The number of rotatable bonds is 7. The van der Waals surface area contributed by atoms with E-state index in [9.17, 15) is 9.90 Å². The Bertz CT molecular complexity index is 406. The third kappa shape index (κ3) is 3.47. The highest BCUT2D eigenvalue weighted by Crippen LogP contribution is 2.19. The zero-order valence-electron chi connectivity index (χ0n) is 11.2. The van der Waals surface area contributed by atoms with Gasteiger partial charge in [-0.05, 0) is 26.3 Å². The first-order valence-corrected chi connectivity index (χ1v) is 6.22. The average molecular weight is 251 g/mol. The molecule has 100 valence electrons. The maximum Gasteiger partial charge on any atom is 0.323 e. The molecule has 1 unspecified atom stereocenters. The summed E-state index contributed by atoms with van der Waals surface area (Å²) in [5, 5.41) is 12.3. The minimum atomic E-state index is -0.903. The average Bonchev–Trinajstić information content (AvgIpc) is 2.37. The van der Waals surface area contributed by atoms with E-state index >= 15 is 0 Å². The number of carboxylic acids is 1. The molecular formula is C14H21NO3. The molecule has 0 heterocycles. The normalized spacial score (nSPS) is 13.9. The Labute approximate surface area is 108 Å². The maximum absolute atomic E-state index is 11.2. The SMILES string of the molecule is CCOc1ccccc1CNC(C)(CC)C(=O)O. The summed E-state index contributed by atoms with van der Waals surface area (Å²) < 4.78 is 5.51. The van der Waals surface area contributed by atoms with Gasteiger partial charge in [0.2, 0.25) is 0 Å². The van der Waals surface area contributed by atoms with Crippen LogP contribution in [-0.4, -0.2) is 23.2 Å². The van der Waals surface area contributed by atoms with Crippen molar-refractivity contribution in [2.45, 2.75) is 39.3 Å². The van der Waals surface area contributed by atoms with Crippen LogP contribution in [0.2, 0.25) is 0 Å². The lowest BCUT2D eigenvalue weighted by Gasteiger charge is -2.25. The number of hydrogen-bond donors (Lipinski definition) is 2. The first-order chi connectivity index (χ1) is 8.53. The van der Waals surface area contributed by atoms with Gasteiger partial charge in [0.05, 0.1) is 6.61 Å². The fourth-order valence-corrected chi connectivity index (χ4v) is 1.59. The lowest BCUT2D eigenvalue weighted by atomic mass is 9.99. The first kappa shape index (κ1) is 14.5. The molecule has 18 heavy (non-hydrogen) atoms. The molecule has 1 atom stereocenters. The van der Waals surface area contributed by atoms with Gasteiger partial charge in [-0.2, -0.15) is 0 Å². The van der Waals surface area contributed by atoms with Crippen LogP contribution in [0.15, 0.2) is 24.3 Å². The zero-order valence-corrected chi connectivity index (χ0v) is 11.2. The molecule has 0 spiro atoms. The highest BCUT2D eigenvalue weighted by Gasteiger charge is 2.30. The number of benzene rings is 1. The number of carboxylic acid groups (broad SMARTS) is 1. The first-order valence-electron chi connectivity index (χ1n) is 6.22. The van der Waals surface area contributed by atoms with Crippen LogP contribution in [0.5, 0.6) is 5.75 Å². The molecule has 0 amide bonds. The smallest absolute Gasteiger partial charge is 0.323 e. The van der Waals surface area contributed by atoms with Crippen molar-refractivity contribution in [3.63, 3.8) is 0 Å². The van der Waals surface area contributed by atoms with Crippen LogP contribution in [0.3, 0.4) is 0 Å². The van der Waals surface area contributed by atoms with Crippen LogP contribution in [0, 0.1) is 0 Å². The van der Waals surface area contributed by atoms with Crippen LogP contribution in [-0.2, 0) is 11.3 Å². The Hall–Kier alpha value is -1.55. The van der Waals surface area contributed by atoms with E-state index in [1.54, 1.807) is 6.92 Å². The molecule has 0 saturated heterocycles. The van der Waals surface area contributed by atoms with Crippen LogP contribution in [0.25, 0.3) is 0 Å². The second kappa shape index (κ2) is 6.40. The molecule has 1 rings (SSSR count). The number of ether oxygens (including phenoxy) is 1. The van der Waals surface area contributed by atoms with Crippen LogP contribution >= 0.6 is 0 Å². The minimum absolute atomic E-state index is 0.479. The minimum Gasteiger partial charge on any atom is -0.494 e. The molecule has 0 radical (unpaired) electrons. The largest absolute Gasteiger partial charge is 0.494 e. The maximum atomic E-state index is 11.2. The van der Waals surface area contributed by atoms with Gasteiger partial charge >= 0.3 is 5.97 Å². The topological polar surface area (TPSA) is 58.6 Å². The van der Waals surface area contributed by atoms with Gasteiger partial charge in [-0.3, -0.25) is 10.1 Å². The fraction of sp³-hybridized carbons (Fsp3) is 0.500. The second-order valence-corrected chi connectivity index (χ2v) is 4.39. The summed E-state index contributed by atoms with van der Waals surface area (Å²) in [7, 11) is 0. The molecule has 0 saturated carbocycles. The van der Waals surface area contributed by atoms with Gasteiger partial charge in [-0.1, -0.05) is 25.1 Å². The molecule has 1 aromatic carbocycles. The molecule has 2 N–H and O–H groups in total. The lowest BCUT2D eigenvalue weighted by Crippen LogP contribution is -2.48. The molecule has 0 fully saturated rings. The van der Waals surface area contributed by atoms with Gasteiger partial charge in [0.25, 0.3) is 0 Å². The van der Waals surface area contributed by atoms with Crippen molar-refractivity contribution in [2.24, 2.45) is 0 Å². The molecule has 0 aliphatic rings. The highest BCUT2D eigenvalue weighted by molar-refractivity contribution is 5.78. The van der Waals surface area contributed by atoms with Crippen LogP contribution in [0.1, 0.15) is 32.8 Å². The molecule has 0 aromatic heterocycles. The summed E-state index contributed by atoms with van der Waals surface area (Å²) in [4.78, 5) is 11.2. The quantitative estimate of drug-likeness (QED) is 0.781. The van der Waals surface area contributed by atoms with Gasteiger partial charge in [-0.15, -0.1) is 0 Å². The van der Waals surface area contributed by atoms with Crippen molar-refractivity contribution in [2.75, 3.05) is 6.61 Å². The molecule has 0 bridgehead atoms. The highest BCUT2D eigenvalue weighted by atomic mass is 16.5. The van der Waals surface area contributed by atoms with Crippen molar-refractivity contribution < 1.29 is 14.6 Å². The summed E-state index contributed by atoms with van der Waals surface area (Å²) >= 11 is 0. The number of carbonyl (C=O) groups is 1. The van der Waals surface area contributed by atoms with E-state index in [0.29, 0.717) is 19.6 Å². The van der Waals surface area contributed by atoms with Crippen molar-refractivity contribution in [1.82, 2.24) is 5.32 Å². The summed E-state index contributed by atoms with van der Waals surface area (Å²) in [5.74, 6) is -0.0322. The monoisotopic (exact) mass is 251 g/mol. The molecule has 4 nitrogen and oxygen atoms in total. The van der Waals surface area contributed by atoms with E-state index in [1.807, 2.05) is 38.1 Å². The Kier molecular flexibility index (Phi) is 5.16. The Morgan fingerprint density at radius 3 is 2.61 bits per heavy atom. The molecule has 0 aliphatic carbocycles. The van der Waals surface area contributed by atoms with E-state index in [2.05, 4.69) is 5.32 Å². The van der Waals surface area contributed by atoms with Crippen molar-refractivity contribution in [1.29, 1.82) is 0 Å². The third-order valence-corrected chi connectivity index (χ3v) is 3.12. The Morgan fingerprint density at radius 1 is 1.39 bits per heavy atom. The Balaban J connectivity index is 2.76. The van der Waals surface area contributed by atoms with Gasteiger partial charge in [0.15, 0.2) is 0 Å². The molecule has 1 aromatic rings. The number of aliphatic carboxylic acids is 1. The lowest BCUT2D eigenvalue weighted by molar-refractivity contribution is -0.144. The molecule has 0 aliphatic heterocycles. The third-order valence-electron chi connectivity index (χ3n) is 3.12. The van der Waals surface area contributed by atoms with E-state index in [-0.39, 0.29) is 0 Å². The number of hydrogen-bond acceptors (Lipinski definition) is 3. The van der Waals surface area contributed by atoms with E-state index in [0.717, 1.165) is 11.3 Å². The van der Waals surface area contributed by atoms with Crippen molar-refractivity contribution >= 4 is 5.97 Å². The number of para-hydroxylation sites is 1. The van der Waals surface area contributed by atoms with Gasteiger partial charge in [-0.25, -0.2) is 0 Å². The van der Waals surface area contributed by atoms with E-state index < -0.39 is 11.5 Å². The fourth-order valence-electron chi connectivity index (χ4n) is 1.59. The summed E-state index contributed by atoms with van der Waals surface area (Å²) in [6.07, 6.45) is 0.527. The van der Waals surface area contributed by atoms with Gasteiger partial charge in [0.1, 0.15) is 11.3 Å². The standard InChI is InChI=1S/C14H21NO3/c1-4-14(3,13(16)17)15-10-11-8-6-7-9-12(11)18-5-2/h6-9,15H,4-5,10H2,1-3H3,(H,16,17). The predicted molar refractivity (Wildman–Crippen MR) is 70.8 cm³/mol. The summed E-state index contributed by atoms with van der Waals surface area (Å²) in [5.41, 5.74) is 0.0690. The van der Waals surface area contributed by atoms with E-state index in [1.165, 1.54) is 0 Å². The Morgan fingerprint density at radius 2 is 2.06 bits per heavy atom. The predicted octanol–water partition coefficient (Wildman–Crippen LogP) is 2.43. The zero-order chi connectivity index (χ0) is 13.6. The molecular weight excluding hydrogens is 230 g/mol. The van der Waals surface area contributed by atoms with Crippen molar-refractivity contribution in [3.05, 3.63) is 29.8 Å². The van der Waals surface area contributed by atoms with Crippen LogP contribution in [0.4, 0.5) is 0 Å². The second-order valence-electron chi connectivity index (χ2n) is 4.39. The van der Waals surface area contributed by atoms with Gasteiger partial charge < -0.3 is 9.84 Å². The molecule has 4 heteroatoms. The number of nitrogens with one attached hydrogen (secondary N) is 1. The van der Waals surface area contributed by atoms with Crippen LogP contribution < -0.4 is 10.1 Å². The van der Waals surface area contributed by atoms with E-state index in [4.69, 9.17) is 4.74 Å². The van der Waals surface area contributed by atoms with Gasteiger partial charge in [0, 0.05) is 12.1 Å².